The Morgan fingerprint density at radius 1 is 1.23 bits per heavy atom. The van der Waals surface area contributed by atoms with Gasteiger partial charge < -0.3 is 4.57 Å². The average molecular weight is 310 g/mol. The molecule has 4 rings (SSSR count). The number of nitrogens with zero attached hydrogens (tertiary/aromatic N) is 4. The van der Waals surface area contributed by atoms with E-state index in [4.69, 9.17) is 4.98 Å². The van der Waals surface area contributed by atoms with Crippen molar-refractivity contribution in [3.63, 3.8) is 0 Å². The summed E-state index contributed by atoms with van der Waals surface area (Å²) in [6.07, 6.45) is 8.15. The summed E-state index contributed by atoms with van der Waals surface area (Å²) in [6.45, 7) is 0.991. The standard InChI is InChI=1S/C17H18N4S/c1-5-14(10-18-7-1)16-20-15-6-2-8-19-17(15)21(16)11-13-4-3-9-22-12-13/h1-2,5-8,10,13H,3-4,9,11-12H2. The van der Waals surface area contributed by atoms with Crippen LogP contribution in [0.1, 0.15) is 12.8 Å². The minimum absolute atomic E-state index is 0.702. The quantitative estimate of drug-likeness (QED) is 0.741. The molecule has 1 aliphatic rings. The van der Waals surface area contributed by atoms with E-state index in [0.717, 1.165) is 29.1 Å². The Morgan fingerprint density at radius 2 is 2.18 bits per heavy atom. The summed E-state index contributed by atoms with van der Waals surface area (Å²) in [5.41, 5.74) is 3.01. The SMILES string of the molecule is c1cncc(-c2nc3cccnc3n2CC2CCCSC2)c1. The van der Waals surface area contributed by atoms with Crippen LogP contribution < -0.4 is 0 Å². The molecular formula is C17H18N4S. The molecule has 0 saturated carbocycles. The topological polar surface area (TPSA) is 43.6 Å². The van der Waals surface area contributed by atoms with E-state index in [-0.39, 0.29) is 0 Å². The van der Waals surface area contributed by atoms with E-state index in [9.17, 15) is 0 Å². The molecule has 112 valence electrons. The molecule has 0 N–H and O–H groups in total. The van der Waals surface area contributed by atoms with Gasteiger partial charge in [0.15, 0.2) is 5.65 Å². The molecule has 0 aliphatic carbocycles. The maximum Gasteiger partial charge on any atom is 0.160 e. The fourth-order valence-corrected chi connectivity index (χ4v) is 4.20. The van der Waals surface area contributed by atoms with Gasteiger partial charge in [-0.05, 0) is 54.5 Å². The van der Waals surface area contributed by atoms with E-state index < -0.39 is 0 Å². The summed E-state index contributed by atoms with van der Waals surface area (Å²) in [5, 5.41) is 0. The fraction of sp³-hybridized carbons (Fsp3) is 0.353. The summed E-state index contributed by atoms with van der Waals surface area (Å²) in [4.78, 5) is 13.6. The smallest absolute Gasteiger partial charge is 0.160 e. The Morgan fingerprint density at radius 3 is 3.00 bits per heavy atom. The van der Waals surface area contributed by atoms with Crippen molar-refractivity contribution < 1.29 is 0 Å². The Kier molecular flexibility index (Phi) is 3.81. The molecule has 1 saturated heterocycles. The number of aromatic nitrogens is 4. The zero-order valence-corrected chi connectivity index (χ0v) is 13.2. The number of thioether (sulfide) groups is 1. The Bertz CT molecular complexity index is 763. The van der Waals surface area contributed by atoms with E-state index in [1.54, 1.807) is 6.20 Å². The van der Waals surface area contributed by atoms with Crippen molar-refractivity contribution in [2.45, 2.75) is 19.4 Å². The third-order valence-electron chi connectivity index (χ3n) is 4.12. The van der Waals surface area contributed by atoms with Gasteiger partial charge in [-0.2, -0.15) is 11.8 Å². The lowest BCUT2D eigenvalue weighted by Gasteiger charge is -2.22. The number of hydrogen-bond donors (Lipinski definition) is 0. The van der Waals surface area contributed by atoms with Crippen LogP contribution in [0.4, 0.5) is 0 Å². The molecule has 1 fully saturated rings. The van der Waals surface area contributed by atoms with Crippen LogP contribution in [0.15, 0.2) is 42.9 Å². The molecule has 0 radical (unpaired) electrons. The van der Waals surface area contributed by atoms with Crippen LogP contribution in [-0.2, 0) is 6.54 Å². The fourth-order valence-electron chi connectivity index (χ4n) is 3.06. The summed E-state index contributed by atoms with van der Waals surface area (Å²) in [7, 11) is 0. The second-order valence-corrected chi connectivity index (χ2v) is 6.87. The van der Waals surface area contributed by atoms with Crippen LogP contribution in [-0.4, -0.2) is 31.0 Å². The molecule has 0 spiro atoms. The zero-order valence-electron chi connectivity index (χ0n) is 12.4. The number of hydrogen-bond acceptors (Lipinski definition) is 4. The van der Waals surface area contributed by atoms with Crippen molar-refractivity contribution in [3.8, 4) is 11.4 Å². The Balaban J connectivity index is 1.79. The van der Waals surface area contributed by atoms with Gasteiger partial charge in [0.2, 0.25) is 0 Å². The number of rotatable bonds is 3. The van der Waals surface area contributed by atoms with Crippen molar-refractivity contribution >= 4 is 22.9 Å². The summed E-state index contributed by atoms with van der Waals surface area (Å²) < 4.78 is 2.28. The van der Waals surface area contributed by atoms with E-state index in [1.807, 2.05) is 30.6 Å². The molecule has 0 aromatic carbocycles. The van der Waals surface area contributed by atoms with E-state index in [0.29, 0.717) is 5.92 Å². The summed E-state index contributed by atoms with van der Waals surface area (Å²) in [6, 6.07) is 8.01. The highest BCUT2D eigenvalue weighted by molar-refractivity contribution is 7.99. The molecule has 1 unspecified atom stereocenters. The van der Waals surface area contributed by atoms with Gasteiger partial charge >= 0.3 is 0 Å². The lowest BCUT2D eigenvalue weighted by molar-refractivity contribution is 0.453. The highest BCUT2D eigenvalue weighted by atomic mass is 32.2. The van der Waals surface area contributed by atoms with Crippen molar-refractivity contribution in [3.05, 3.63) is 42.9 Å². The van der Waals surface area contributed by atoms with Gasteiger partial charge in [0.25, 0.3) is 0 Å². The van der Waals surface area contributed by atoms with Crippen LogP contribution in [0.2, 0.25) is 0 Å². The van der Waals surface area contributed by atoms with E-state index in [2.05, 4.69) is 32.4 Å². The molecular weight excluding hydrogens is 292 g/mol. The largest absolute Gasteiger partial charge is 0.308 e. The van der Waals surface area contributed by atoms with Crippen molar-refractivity contribution in [2.75, 3.05) is 11.5 Å². The third kappa shape index (κ3) is 2.61. The Hall–Kier alpha value is -1.88. The normalized spacial score (nSPS) is 18.6. The van der Waals surface area contributed by atoms with Gasteiger partial charge in [0.05, 0.1) is 0 Å². The van der Waals surface area contributed by atoms with Crippen LogP contribution in [0.5, 0.6) is 0 Å². The zero-order chi connectivity index (χ0) is 14.8. The molecule has 0 amide bonds. The summed E-state index contributed by atoms with van der Waals surface area (Å²) >= 11 is 2.07. The van der Waals surface area contributed by atoms with Gasteiger partial charge in [-0.25, -0.2) is 9.97 Å². The highest BCUT2D eigenvalue weighted by Crippen LogP contribution is 2.28. The summed E-state index contributed by atoms with van der Waals surface area (Å²) in [5.74, 6) is 4.22. The van der Waals surface area contributed by atoms with Gasteiger partial charge in [-0.1, -0.05) is 0 Å². The first-order chi connectivity index (χ1) is 10.9. The maximum absolute atomic E-state index is 4.80. The lowest BCUT2D eigenvalue weighted by atomic mass is 10.1. The molecule has 1 atom stereocenters. The first-order valence-electron chi connectivity index (χ1n) is 7.71. The molecule has 1 aliphatic heterocycles. The molecule has 0 bridgehead atoms. The monoisotopic (exact) mass is 310 g/mol. The molecule has 3 aromatic rings. The van der Waals surface area contributed by atoms with Gasteiger partial charge in [0.1, 0.15) is 11.3 Å². The highest BCUT2D eigenvalue weighted by Gasteiger charge is 2.19. The number of fused-ring (bicyclic) bond motifs is 1. The number of imidazole rings is 1. The lowest BCUT2D eigenvalue weighted by Crippen LogP contribution is -2.18. The maximum atomic E-state index is 4.80. The van der Waals surface area contributed by atoms with E-state index >= 15 is 0 Å². The number of pyridine rings is 2. The molecule has 4 nitrogen and oxygen atoms in total. The molecule has 4 heterocycles. The minimum atomic E-state index is 0.702. The van der Waals surface area contributed by atoms with Crippen LogP contribution in [0.25, 0.3) is 22.6 Å². The molecule has 5 heteroatoms. The molecule has 3 aromatic heterocycles. The first kappa shape index (κ1) is 13.8. The molecule has 22 heavy (non-hydrogen) atoms. The predicted molar refractivity (Wildman–Crippen MR) is 90.8 cm³/mol. The minimum Gasteiger partial charge on any atom is -0.308 e. The third-order valence-corrected chi connectivity index (χ3v) is 5.40. The van der Waals surface area contributed by atoms with Gasteiger partial charge in [-0.3, -0.25) is 4.98 Å². The predicted octanol–water partition coefficient (Wildman–Crippen LogP) is 3.64. The van der Waals surface area contributed by atoms with Crippen molar-refractivity contribution in [1.29, 1.82) is 0 Å². The van der Waals surface area contributed by atoms with E-state index in [1.165, 1.54) is 24.3 Å². The van der Waals surface area contributed by atoms with Gasteiger partial charge in [0, 0.05) is 30.7 Å². The van der Waals surface area contributed by atoms with Gasteiger partial charge in [-0.15, -0.1) is 0 Å². The second-order valence-electron chi connectivity index (χ2n) is 5.72. The van der Waals surface area contributed by atoms with Crippen LogP contribution in [0, 0.1) is 5.92 Å². The second kappa shape index (κ2) is 6.08. The van der Waals surface area contributed by atoms with Crippen LogP contribution >= 0.6 is 11.8 Å². The van der Waals surface area contributed by atoms with Crippen molar-refractivity contribution in [2.24, 2.45) is 5.92 Å². The Labute approximate surface area is 134 Å². The average Bonchev–Trinajstić information content (AvgIpc) is 2.95. The van der Waals surface area contributed by atoms with Crippen molar-refractivity contribution in [1.82, 2.24) is 19.5 Å². The first-order valence-corrected chi connectivity index (χ1v) is 8.87. The van der Waals surface area contributed by atoms with Crippen LogP contribution in [0.3, 0.4) is 0 Å².